The Morgan fingerprint density at radius 3 is 2.27 bits per heavy atom. The summed E-state index contributed by atoms with van der Waals surface area (Å²) in [5, 5.41) is 10.6. The van der Waals surface area contributed by atoms with Crippen LogP contribution in [0.25, 0.3) is 5.69 Å². The Labute approximate surface area is 206 Å². The van der Waals surface area contributed by atoms with Gasteiger partial charge in [0, 0.05) is 31.3 Å². The molecule has 0 unspecified atom stereocenters. The van der Waals surface area contributed by atoms with Crippen molar-refractivity contribution in [3.63, 3.8) is 0 Å². The molecule has 0 amide bonds. The van der Waals surface area contributed by atoms with Crippen LogP contribution in [0.3, 0.4) is 0 Å². The van der Waals surface area contributed by atoms with Crippen molar-refractivity contribution in [1.82, 2.24) is 13.7 Å². The second kappa shape index (κ2) is 9.88. The van der Waals surface area contributed by atoms with Crippen LogP contribution < -0.4 is 21.8 Å². The highest BCUT2D eigenvalue weighted by Crippen LogP contribution is 2.39. The monoisotopic (exact) mass is 548 g/mol. The second-order valence-electron chi connectivity index (χ2n) is 7.17. The number of nitrogens with zero attached hydrogens (tertiary/aromatic N) is 4. The Hall–Kier alpha value is -4.47. The van der Waals surface area contributed by atoms with E-state index in [2.05, 4.69) is 4.74 Å². The molecule has 0 bridgehead atoms. The van der Waals surface area contributed by atoms with Gasteiger partial charge in [0.25, 0.3) is 5.69 Å². The van der Waals surface area contributed by atoms with E-state index >= 15 is 0 Å². The molecule has 0 N–H and O–H groups in total. The van der Waals surface area contributed by atoms with Gasteiger partial charge in [0.05, 0.1) is 17.1 Å². The summed E-state index contributed by atoms with van der Waals surface area (Å²) < 4.78 is 63.5. The van der Waals surface area contributed by atoms with Gasteiger partial charge in [-0.1, -0.05) is 11.6 Å². The minimum Gasteiger partial charge on any atom is -0.468 e. The fourth-order valence-corrected chi connectivity index (χ4v) is 3.45. The lowest BCUT2D eigenvalue weighted by Crippen LogP contribution is -2.53. The van der Waals surface area contributed by atoms with Crippen molar-refractivity contribution in [3.05, 3.63) is 88.3 Å². The number of esters is 1. The largest absolute Gasteiger partial charge is 0.468 e. The summed E-state index contributed by atoms with van der Waals surface area (Å²) in [7, 11) is 1.91. The van der Waals surface area contributed by atoms with Crippen LogP contribution in [0, 0.1) is 15.9 Å². The third-order valence-corrected chi connectivity index (χ3v) is 5.15. The summed E-state index contributed by atoms with van der Waals surface area (Å²) in [5.41, 5.74) is -7.30. The van der Waals surface area contributed by atoms with Crippen molar-refractivity contribution in [2.24, 2.45) is 7.05 Å². The lowest BCUT2D eigenvalue weighted by molar-refractivity contribution is -0.384. The molecular weight excluding hydrogens is 536 g/mol. The number of alkyl halides is 3. The average Bonchev–Trinajstić information content (AvgIpc) is 2.79. The molecule has 2 aromatic carbocycles. The smallest absolute Gasteiger partial charge is 0.420 e. The van der Waals surface area contributed by atoms with Crippen molar-refractivity contribution in [3.8, 4) is 17.2 Å². The molecule has 3 aromatic rings. The fourth-order valence-electron chi connectivity index (χ4n) is 3.15. The quantitative estimate of drug-likeness (QED) is 0.198. The molecule has 0 saturated heterocycles. The number of nitro benzene ring substituents is 1. The number of hydrogen-bond donors (Lipinski definition) is 0. The van der Waals surface area contributed by atoms with Crippen LogP contribution >= 0.6 is 11.6 Å². The molecule has 12 nitrogen and oxygen atoms in total. The molecule has 0 atom stereocenters. The first-order valence-electron chi connectivity index (χ1n) is 9.70. The molecule has 17 heteroatoms. The van der Waals surface area contributed by atoms with E-state index in [1.165, 1.54) is 0 Å². The molecular formula is C20H13ClF4N4O8. The van der Waals surface area contributed by atoms with E-state index in [1.54, 1.807) is 0 Å². The molecule has 37 heavy (non-hydrogen) atoms. The number of methoxy groups -OCH3 is 1. The van der Waals surface area contributed by atoms with Gasteiger partial charge in [0.2, 0.25) is 0 Å². The maximum Gasteiger partial charge on any atom is 0.420 e. The van der Waals surface area contributed by atoms with Crippen molar-refractivity contribution < 1.29 is 36.8 Å². The Morgan fingerprint density at radius 1 is 1.08 bits per heavy atom. The number of carbonyl (C=O) groups excluding carboxylic acids is 1. The summed E-state index contributed by atoms with van der Waals surface area (Å²) in [6.07, 6.45) is -5.10. The number of nitro groups is 1. The molecule has 0 fully saturated rings. The van der Waals surface area contributed by atoms with Crippen molar-refractivity contribution in [1.29, 1.82) is 0 Å². The zero-order valence-corrected chi connectivity index (χ0v) is 19.3. The Balaban J connectivity index is 2.23. The van der Waals surface area contributed by atoms with Crippen LogP contribution in [0.1, 0.15) is 5.56 Å². The molecule has 1 aromatic heterocycles. The molecule has 0 aliphatic carbocycles. The number of benzene rings is 2. The number of rotatable bonds is 6. The summed E-state index contributed by atoms with van der Waals surface area (Å²) in [6.45, 7) is -0.935. The maximum absolute atomic E-state index is 14.1. The van der Waals surface area contributed by atoms with Gasteiger partial charge in [0.15, 0.2) is 0 Å². The van der Waals surface area contributed by atoms with Crippen LogP contribution in [0.2, 0.25) is 5.02 Å². The van der Waals surface area contributed by atoms with E-state index in [0.29, 0.717) is 16.7 Å². The van der Waals surface area contributed by atoms with Gasteiger partial charge in [-0.25, -0.2) is 32.5 Å². The number of ether oxygens (including phenoxy) is 2. The SMILES string of the molecule is COC(=O)Cn1c(=O)n(C)c(=O)n(-c2cc(Oc3cc(F)c(C(F)(F)F)c(Cl)c3)ccc2[N+](=O)[O-])c1=O. The number of halogens is 5. The van der Waals surface area contributed by atoms with E-state index in [9.17, 15) is 46.9 Å². The van der Waals surface area contributed by atoms with Gasteiger partial charge >= 0.3 is 29.2 Å². The molecule has 196 valence electrons. The summed E-state index contributed by atoms with van der Waals surface area (Å²) in [5.74, 6) is -3.75. The molecule has 0 radical (unpaired) electrons. The van der Waals surface area contributed by atoms with E-state index in [-0.39, 0.29) is 9.13 Å². The standard InChI is InChI=1S/C20H13ClF4N4O8/c1-26-17(31)27(8-15(30)36-2)19(33)28(18(26)32)14-7-9(3-4-13(14)29(34)35)37-10-5-11(21)16(12(22)6-10)20(23,24)25/h3-7H,8H2,1-2H3. The van der Waals surface area contributed by atoms with E-state index in [0.717, 1.165) is 32.4 Å². The lowest BCUT2D eigenvalue weighted by atomic mass is 10.2. The van der Waals surface area contributed by atoms with Gasteiger partial charge in [-0.05, 0) is 6.07 Å². The maximum atomic E-state index is 14.1. The highest BCUT2D eigenvalue weighted by molar-refractivity contribution is 6.31. The number of carbonyl (C=O) groups is 1. The third-order valence-electron chi connectivity index (χ3n) is 4.85. The van der Waals surface area contributed by atoms with Crippen molar-refractivity contribution in [2.45, 2.75) is 12.7 Å². The highest BCUT2D eigenvalue weighted by atomic mass is 35.5. The first kappa shape index (κ1) is 27.1. The predicted octanol–water partition coefficient (Wildman–Crippen LogP) is 2.38. The van der Waals surface area contributed by atoms with E-state index in [4.69, 9.17) is 16.3 Å². The Kier molecular flexibility index (Phi) is 7.25. The number of hydrogen-bond acceptors (Lipinski definition) is 8. The molecule has 1 heterocycles. The average molecular weight is 549 g/mol. The first-order valence-corrected chi connectivity index (χ1v) is 10.1. The van der Waals surface area contributed by atoms with Gasteiger partial charge < -0.3 is 9.47 Å². The van der Waals surface area contributed by atoms with Crippen molar-refractivity contribution >= 4 is 23.3 Å². The molecule has 0 aliphatic rings. The summed E-state index contributed by atoms with van der Waals surface area (Å²) >= 11 is 5.54. The van der Waals surface area contributed by atoms with Crippen LogP contribution in [0.15, 0.2) is 44.7 Å². The molecule has 0 saturated carbocycles. The summed E-state index contributed by atoms with van der Waals surface area (Å²) in [6, 6.07) is 3.50. The Bertz CT molecular complexity index is 1590. The van der Waals surface area contributed by atoms with Gasteiger partial charge in [-0.2, -0.15) is 13.2 Å². The normalized spacial score (nSPS) is 11.3. The van der Waals surface area contributed by atoms with E-state index < -0.39 is 80.0 Å². The lowest BCUT2D eigenvalue weighted by Gasteiger charge is -2.14. The summed E-state index contributed by atoms with van der Waals surface area (Å²) in [4.78, 5) is 60.3. The third kappa shape index (κ3) is 5.23. The van der Waals surface area contributed by atoms with Crippen molar-refractivity contribution in [2.75, 3.05) is 7.11 Å². The van der Waals surface area contributed by atoms with Gasteiger partial charge in [0.1, 0.15) is 35.1 Å². The predicted molar refractivity (Wildman–Crippen MR) is 117 cm³/mol. The zero-order valence-electron chi connectivity index (χ0n) is 18.5. The molecule has 3 rings (SSSR count). The zero-order chi connectivity index (χ0) is 27.8. The minimum absolute atomic E-state index is 0.204. The van der Waals surface area contributed by atoms with Crippen LogP contribution in [0.5, 0.6) is 11.5 Å². The molecule has 0 spiro atoms. The van der Waals surface area contributed by atoms with Gasteiger partial charge in [-0.15, -0.1) is 0 Å². The van der Waals surface area contributed by atoms with Crippen LogP contribution in [-0.2, 0) is 29.3 Å². The van der Waals surface area contributed by atoms with Crippen LogP contribution in [-0.4, -0.2) is 31.7 Å². The minimum atomic E-state index is -5.10. The van der Waals surface area contributed by atoms with E-state index in [1.807, 2.05) is 0 Å². The second-order valence-corrected chi connectivity index (χ2v) is 7.58. The Morgan fingerprint density at radius 2 is 1.73 bits per heavy atom. The first-order chi connectivity index (χ1) is 17.2. The topological polar surface area (TPSA) is 145 Å². The van der Waals surface area contributed by atoms with Gasteiger partial charge in [-0.3, -0.25) is 14.9 Å². The highest BCUT2D eigenvalue weighted by Gasteiger charge is 2.37. The fraction of sp³-hybridized carbons (Fsp3) is 0.200. The number of aromatic nitrogens is 3. The molecule has 0 aliphatic heterocycles. The van der Waals surface area contributed by atoms with Crippen LogP contribution in [0.4, 0.5) is 23.2 Å².